The van der Waals surface area contributed by atoms with Crippen LogP contribution in [-0.4, -0.2) is 17.7 Å². The fourth-order valence-corrected chi connectivity index (χ4v) is 4.76. The molecule has 0 unspecified atom stereocenters. The van der Waals surface area contributed by atoms with Crippen LogP contribution in [0.4, 0.5) is 4.39 Å². The maximum atomic E-state index is 13.6. The zero-order valence-electron chi connectivity index (χ0n) is 11.8. The molecule has 0 saturated heterocycles. The summed E-state index contributed by atoms with van der Waals surface area (Å²) < 4.78 is 13.6. The van der Waals surface area contributed by atoms with Crippen LogP contribution in [0, 0.1) is 17.7 Å². The van der Waals surface area contributed by atoms with Gasteiger partial charge in [-0.15, -0.1) is 11.8 Å². The van der Waals surface area contributed by atoms with Crippen LogP contribution in [0.2, 0.25) is 5.02 Å². The van der Waals surface area contributed by atoms with E-state index in [-0.39, 0.29) is 11.7 Å². The number of amides is 1. The van der Waals surface area contributed by atoms with Gasteiger partial charge in [-0.3, -0.25) is 4.79 Å². The van der Waals surface area contributed by atoms with Crippen molar-refractivity contribution in [1.29, 1.82) is 0 Å². The molecule has 114 valence electrons. The van der Waals surface area contributed by atoms with E-state index in [1.54, 1.807) is 12.1 Å². The lowest BCUT2D eigenvalue weighted by molar-refractivity contribution is -0.119. The fourth-order valence-electron chi connectivity index (χ4n) is 3.59. The van der Waals surface area contributed by atoms with Gasteiger partial charge in [-0.1, -0.05) is 24.1 Å². The molecule has 1 aromatic rings. The van der Waals surface area contributed by atoms with Gasteiger partial charge in [0.25, 0.3) is 0 Å². The Kier molecular flexibility index (Phi) is 4.75. The molecule has 0 radical (unpaired) electrons. The van der Waals surface area contributed by atoms with Gasteiger partial charge in [0.05, 0.1) is 5.75 Å². The average Bonchev–Trinajstić information content (AvgIpc) is 3.04. The van der Waals surface area contributed by atoms with E-state index in [0.717, 1.165) is 12.3 Å². The third-order valence-corrected chi connectivity index (χ3v) is 5.94. The van der Waals surface area contributed by atoms with Crippen LogP contribution in [-0.2, 0) is 10.5 Å². The van der Waals surface area contributed by atoms with Crippen molar-refractivity contribution >= 4 is 29.3 Å². The molecule has 3 atom stereocenters. The van der Waals surface area contributed by atoms with Gasteiger partial charge in [0, 0.05) is 22.4 Å². The summed E-state index contributed by atoms with van der Waals surface area (Å²) in [5, 5.41) is 3.57. The van der Waals surface area contributed by atoms with Crippen molar-refractivity contribution in [1.82, 2.24) is 5.32 Å². The Morgan fingerprint density at radius 1 is 1.38 bits per heavy atom. The van der Waals surface area contributed by atoms with Gasteiger partial charge in [-0.25, -0.2) is 4.39 Å². The van der Waals surface area contributed by atoms with E-state index < -0.39 is 0 Å². The second kappa shape index (κ2) is 6.57. The van der Waals surface area contributed by atoms with Gasteiger partial charge < -0.3 is 5.32 Å². The molecule has 5 heteroatoms. The number of carbonyl (C=O) groups excluding carboxylic acids is 1. The van der Waals surface area contributed by atoms with Gasteiger partial charge in [0.1, 0.15) is 5.82 Å². The first kappa shape index (κ1) is 15.2. The zero-order chi connectivity index (χ0) is 14.8. The molecule has 2 saturated carbocycles. The summed E-state index contributed by atoms with van der Waals surface area (Å²) in [7, 11) is 0. The van der Waals surface area contributed by atoms with Crippen LogP contribution < -0.4 is 5.32 Å². The zero-order valence-corrected chi connectivity index (χ0v) is 13.4. The number of fused-ring (bicyclic) bond motifs is 2. The van der Waals surface area contributed by atoms with E-state index in [0.29, 0.717) is 34.1 Å². The highest BCUT2D eigenvalue weighted by molar-refractivity contribution is 7.99. The predicted molar refractivity (Wildman–Crippen MR) is 85.0 cm³/mol. The van der Waals surface area contributed by atoms with Gasteiger partial charge in [-0.05, 0) is 43.2 Å². The smallest absolute Gasteiger partial charge is 0.230 e. The minimum absolute atomic E-state index is 0.0602. The van der Waals surface area contributed by atoms with E-state index in [1.807, 2.05) is 0 Å². The second-order valence-corrected chi connectivity index (χ2v) is 7.43. The monoisotopic (exact) mass is 327 g/mol. The molecule has 0 spiro atoms. The number of halogens is 2. The maximum Gasteiger partial charge on any atom is 0.230 e. The minimum atomic E-state index is -0.302. The summed E-state index contributed by atoms with van der Waals surface area (Å²) in [6, 6.07) is 5.04. The average molecular weight is 328 g/mol. The molecule has 1 aromatic carbocycles. The lowest BCUT2D eigenvalue weighted by atomic mass is 9.95. The van der Waals surface area contributed by atoms with Crippen molar-refractivity contribution in [3.8, 4) is 0 Å². The van der Waals surface area contributed by atoms with Crippen molar-refractivity contribution in [3.05, 3.63) is 34.6 Å². The summed E-state index contributed by atoms with van der Waals surface area (Å²) in [5.41, 5.74) is 0.483. The fraction of sp³-hybridized carbons (Fsp3) is 0.562. The van der Waals surface area contributed by atoms with Gasteiger partial charge in [0.15, 0.2) is 0 Å². The number of hydrogen-bond acceptors (Lipinski definition) is 2. The van der Waals surface area contributed by atoms with Crippen LogP contribution in [0.5, 0.6) is 0 Å². The largest absolute Gasteiger partial charge is 0.352 e. The summed E-state index contributed by atoms with van der Waals surface area (Å²) in [6.45, 7) is 0. The van der Waals surface area contributed by atoms with E-state index in [9.17, 15) is 9.18 Å². The summed E-state index contributed by atoms with van der Waals surface area (Å²) in [4.78, 5) is 12.0. The summed E-state index contributed by atoms with van der Waals surface area (Å²) >= 11 is 7.38. The maximum absolute atomic E-state index is 13.6. The van der Waals surface area contributed by atoms with E-state index in [1.165, 1.54) is 37.1 Å². The topological polar surface area (TPSA) is 29.1 Å². The van der Waals surface area contributed by atoms with Crippen molar-refractivity contribution in [3.63, 3.8) is 0 Å². The van der Waals surface area contributed by atoms with Crippen LogP contribution in [0.3, 0.4) is 0 Å². The molecule has 2 fully saturated rings. The van der Waals surface area contributed by atoms with Crippen molar-refractivity contribution in [2.75, 3.05) is 5.75 Å². The minimum Gasteiger partial charge on any atom is -0.352 e. The molecular weight excluding hydrogens is 309 g/mol. The lowest BCUT2D eigenvalue weighted by Crippen LogP contribution is -2.39. The van der Waals surface area contributed by atoms with E-state index in [2.05, 4.69) is 5.32 Å². The predicted octanol–water partition coefficient (Wildman–Crippen LogP) is 4.02. The number of rotatable bonds is 5. The van der Waals surface area contributed by atoms with Crippen molar-refractivity contribution in [2.24, 2.45) is 11.8 Å². The highest BCUT2D eigenvalue weighted by Crippen LogP contribution is 2.44. The Labute approximate surface area is 133 Å². The number of nitrogens with one attached hydrogen (secondary N) is 1. The molecule has 2 aliphatic carbocycles. The van der Waals surface area contributed by atoms with Crippen LogP contribution in [0.15, 0.2) is 18.2 Å². The second-order valence-electron chi connectivity index (χ2n) is 6.04. The Hall–Kier alpha value is -0.740. The van der Waals surface area contributed by atoms with Crippen LogP contribution >= 0.6 is 23.4 Å². The molecular formula is C16H19ClFNOS. The SMILES string of the molecule is O=C(CSCc1c(F)cccc1Cl)N[C@@H]1C[C@H]2CC[C@H]1C2. The van der Waals surface area contributed by atoms with Crippen molar-refractivity contribution in [2.45, 2.75) is 37.5 Å². The number of benzene rings is 1. The molecule has 0 heterocycles. The highest BCUT2D eigenvalue weighted by atomic mass is 35.5. The standard InChI is InChI=1S/C16H19ClFNOS/c17-13-2-1-3-14(18)12(13)8-21-9-16(20)19-15-7-10-4-5-11(15)6-10/h1-3,10-11,15H,4-9H2,(H,19,20)/t10-,11-,15+/m0/s1. The number of thioether (sulfide) groups is 1. The third kappa shape index (κ3) is 3.54. The number of hydrogen-bond donors (Lipinski definition) is 1. The van der Waals surface area contributed by atoms with Crippen LogP contribution in [0.25, 0.3) is 0 Å². The first-order valence-corrected chi connectivity index (χ1v) is 8.96. The molecule has 1 amide bonds. The summed E-state index contributed by atoms with van der Waals surface area (Å²) in [6.07, 6.45) is 5.01. The first-order chi connectivity index (χ1) is 10.1. The molecule has 0 aromatic heterocycles. The summed E-state index contributed by atoms with van der Waals surface area (Å²) in [5.74, 6) is 2.05. The van der Waals surface area contributed by atoms with Crippen LogP contribution in [0.1, 0.15) is 31.2 Å². The first-order valence-electron chi connectivity index (χ1n) is 7.43. The molecule has 21 heavy (non-hydrogen) atoms. The molecule has 0 aliphatic heterocycles. The Balaban J connectivity index is 1.44. The van der Waals surface area contributed by atoms with Gasteiger partial charge in [0.2, 0.25) is 5.91 Å². The normalized spacial score (nSPS) is 27.0. The highest BCUT2D eigenvalue weighted by Gasteiger charge is 2.39. The molecule has 2 aliphatic rings. The molecule has 2 bridgehead atoms. The number of carbonyl (C=O) groups is 1. The molecule has 3 rings (SSSR count). The Morgan fingerprint density at radius 2 is 2.24 bits per heavy atom. The lowest BCUT2D eigenvalue weighted by Gasteiger charge is -2.22. The van der Waals surface area contributed by atoms with E-state index in [4.69, 9.17) is 11.6 Å². The van der Waals surface area contributed by atoms with E-state index >= 15 is 0 Å². The van der Waals surface area contributed by atoms with Gasteiger partial charge >= 0.3 is 0 Å². The molecule has 1 N–H and O–H groups in total. The van der Waals surface area contributed by atoms with Gasteiger partial charge in [-0.2, -0.15) is 0 Å². The third-order valence-electron chi connectivity index (χ3n) is 4.63. The Morgan fingerprint density at radius 3 is 2.90 bits per heavy atom. The van der Waals surface area contributed by atoms with Crippen molar-refractivity contribution < 1.29 is 9.18 Å². The molecule has 2 nitrogen and oxygen atoms in total. The Bertz CT molecular complexity index is 519. The quantitative estimate of drug-likeness (QED) is 0.885.